The fourth-order valence-electron chi connectivity index (χ4n) is 2.58. The highest BCUT2D eigenvalue weighted by atomic mass is 16.4. The molecule has 0 aliphatic rings. The van der Waals surface area contributed by atoms with Crippen LogP contribution in [-0.2, 0) is 6.42 Å². The molecular formula is C15H22O2. The third-order valence-electron chi connectivity index (χ3n) is 2.88. The summed E-state index contributed by atoms with van der Waals surface area (Å²) in [4.78, 5) is 11.1. The maximum atomic E-state index is 11.1. The van der Waals surface area contributed by atoms with E-state index in [-0.39, 0.29) is 5.41 Å². The van der Waals surface area contributed by atoms with Gasteiger partial charge in [-0.05, 0) is 35.8 Å². The second kappa shape index (κ2) is 5.35. The molecule has 17 heavy (non-hydrogen) atoms. The van der Waals surface area contributed by atoms with Crippen molar-refractivity contribution < 1.29 is 9.90 Å². The average Bonchev–Trinajstić information content (AvgIpc) is 2.14. The van der Waals surface area contributed by atoms with E-state index in [4.69, 9.17) is 5.11 Å². The molecule has 0 atom stereocenters. The lowest BCUT2D eigenvalue weighted by molar-refractivity contribution is 0.0695. The Morgan fingerprint density at radius 2 is 1.88 bits per heavy atom. The minimum absolute atomic E-state index is 0.139. The van der Waals surface area contributed by atoms with Crippen molar-refractivity contribution in [1.82, 2.24) is 0 Å². The van der Waals surface area contributed by atoms with Gasteiger partial charge in [-0.1, -0.05) is 45.9 Å². The van der Waals surface area contributed by atoms with Crippen LogP contribution in [0.15, 0.2) is 24.3 Å². The lowest BCUT2D eigenvalue weighted by Crippen LogP contribution is -2.19. The highest BCUT2D eigenvalue weighted by Gasteiger charge is 2.22. The van der Waals surface area contributed by atoms with Crippen molar-refractivity contribution in [1.29, 1.82) is 0 Å². The summed E-state index contributed by atoms with van der Waals surface area (Å²) in [6.07, 6.45) is 1.91. The van der Waals surface area contributed by atoms with Crippen molar-refractivity contribution in [2.24, 2.45) is 11.3 Å². The van der Waals surface area contributed by atoms with E-state index in [2.05, 4.69) is 27.7 Å². The van der Waals surface area contributed by atoms with Crippen LogP contribution < -0.4 is 0 Å². The summed E-state index contributed by atoms with van der Waals surface area (Å²) in [7, 11) is 0. The van der Waals surface area contributed by atoms with Gasteiger partial charge in [-0.2, -0.15) is 0 Å². The van der Waals surface area contributed by atoms with Crippen LogP contribution in [0.3, 0.4) is 0 Å². The number of hydrogen-bond acceptors (Lipinski definition) is 1. The first-order valence-electron chi connectivity index (χ1n) is 6.13. The molecule has 1 aromatic carbocycles. The Hall–Kier alpha value is -1.31. The van der Waals surface area contributed by atoms with E-state index in [0.717, 1.165) is 18.4 Å². The van der Waals surface area contributed by atoms with Gasteiger partial charge in [0, 0.05) is 0 Å². The molecule has 0 spiro atoms. The first-order valence-corrected chi connectivity index (χ1v) is 6.13. The summed E-state index contributed by atoms with van der Waals surface area (Å²) >= 11 is 0. The van der Waals surface area contributed by atoms with E-state index < -0.39 is 5.97 Å². The van der Waals surface area contributed by atoms with Gasteiger partial charge in [-0.25, -0.2) is 4.79 Å². The molecule has 0 fully saturated rings. The first kappa shape index (κ1) is 13.8. The van der Waals surface area contributed by atoms with E-state index >= 15 is 0 Å². The average molecular weight is 234 g/mol. The lowest BCUT2D eigenvalue weighted by Gasteiger charge is -2.27. The third kappa shape index (κ3) is 4.22. The number of carboxylic acid groups (broad SMARTS) is 1. The first-order chi connectivity index (χ1) is 7.82. The standard InChI is InChI=1S/C15H22O2/c1-11(2)9-15(3,4)10-12-7-5-6-8-13(12)14(16)17/h5-8,11H,9-10H2,1-4H3,(H,16,17). The molecule has 0 amide bonds. The molecular weight excluding hydrogens is 212 g/mol. The van der Waals surface area contributed by atoms with Crippen molar-refractivity contribution in [3.05, 3.63) is 35.4 Å². The number of carbonyl (C=O) groups is 1. The Morgan fingerprint density at radius 3 is 2.41 bits per heavy atom. The topological polar surface area (TPSA) is 37.3 Å². The summed E-state index contributed by atoms with van der Waals surface area (Å²) in [6, 6.07) is 7.30. The highest BCUT2D eigenvalue weighted by molar-refractivity contribution is 5.89. The molecule has 1 N–H and O–H groups in total. The van der Waals surface area contributed by atoms with Crippen LogP contribution in [0.4, 0.5) is 0 Å². The van der Waals surface area contributed by atoms with Crippen LogP contribution in [0.5, 0.6) is 0 Å². The Balaban J connectivity index is 2.91. The van der Waals surface area contributed by atoms with E-state index in [1.807, 2.05) is 12.1 Å². The van der Waals surface area contributed by atoms with Crippen LogP contribution in [0.1, 0.15) is 50.0 Å². The molecule has 0 saturated carbocycles. The third-order valence-corrected chi connectivity index (χ3v) is 2.88. The molecule has 0 aliphatic heterocycles. The van der Waals surface area contributed by atoms with E-state index in [9.17, 15) is 4.79 Å². The SMILES string of the molecule is CC(C)CC(C)(C)Cc1ccccc1C(=O)O. The summed E-state index contributed by atoms with van der Waals surface area (Å²) in [6.45, 7) is 8.80. The van der Waals surface area contributed by atoms with Gasteiger partial charge in [-0.15, -0.1) is 0 Å². The summed E-state index contributed by atoms with van der Waals surface area (Å²) < 4.78 is 0. The smallest absolute Gasteiger partial charge is 0.335 e. The molecule has 0 radical (unpaired) electrons. The van der Waals surface area contributed by atoms with Crippen LogP contribution in [0.2, 0.25) is 0 Å². The fraction of sp³-hybridized carbons (Fsp3) is 0.533. The van der Waals surface area contributed by atoms with Gasteiger partial charge in [0.15, 0.2) is 0 Å². The number of carboxylic acids is 1. The summed E-state index contributed by atoms with van der Waals surface area (Å²) in [5, 5.41) is 9.14. The number of rotatable bonds is 5. The zero-order chi connectivity index (χ0) is 13.1. The maximum absolute atomic E-state index is 11.1. The van der Waals surface area contributed by atoms with E-state index in [0.29, 0.717) is 11.5 Å². The van der Waals surface area contributed by atoms with Crippen LogP contribution >= 0.6 is 0 Å². The van der Waals surface area contributed by atoms with Gasteiger partial charge in [0.1, 0.15) is 0 Å². The quantitative estimate of drug-likeness (QED) is 0.836. The van der Waals surface area contributed by atoms with Gasteiger partial charge >= 0.3 is 5.97 Å². The lowest BCUT2D eigenvalue weighted by atomic mass is 9.78. The zero-order valence-corrected chi connectivity index (χ0v) is 11.2. The second-order valence-electron chi connectivity index (χ2n) is 5.90. The maximum Gasteiger partial charge on any atom is 0.335 e. The predicted octanol–water partition coefficient (Wildman–Crippen LogP) is 4.00. The Labute approximate surface area is 104 Å². The van der Waals surface area contributed by atoms with Gasteiger partial charge in [0.2, 0.25) is 0 Å². The van der Waals surface area contributed by atoms with Gasteiger partial charge in [-0.3, -0.25) is 0 Å². The van der Waals surface area contributed by atoms with Crippen molar-refractivity contribution in [2.45, 2.75) is 40.5 Å². The minimum Gasteiger partial charge on any atom is -0.478 e. The summed E-state index contributed by atoms with van der Waals surface area (Å²) in [5.74, 6) is -0.206. The van der Waals surface area contributed by atoms with Crippen LogP contribution in [0.25, 0.3) is 0 Å². The number of aromatic carboxylic acids is 1. The van der Waals surface area contributed by atoms with Crippen molar-refractivity contribution in [2.75, 3.05) is 0 Å². The zero-order valence-electron chi connectivity index (χ0n) is 11.2. The molecule has 0 bridgehead atoms. The largest absolute Gasteiger partial charge is 0.478 e. The van der Waals surface area contributed by atoms with Gasteiger partial charge in [0.25, 0.3) is 0 Å². The van der Waals surface area contributed by atoms with Crippen molar-refractivity contribution >= 4 is 5.97 Å². The van der Waals surface area contributed by atoms with Gasteiger partial charge in [0.05, 0.1) is 5.56 Å². The second-order valence-corrected chi connectivity index (χ2v) is 5.90. The number of benzene rings is 1. The predicted molar refractivity (Wildman–Crippen MR) is 70.3 cm³/mol. The van der Waals surface area contributed by atoms with Crippen LogP contribution in [-0.4, -0.2) is 11.1 Å². The van der Waals surface area contributed by atoms with Crippen molar-refractivity contribution in [3.8, 4) is 0 Å². The van der Waals surface area contributed by atoms with Crippen LogP contribution in [0, 0.1) is 11.3 Å². The fourth-order valence-corrected chi connectivity index (χ4v) is 2.58. The molecule has 0 saturated heterocycles. The molecule has 0 heterocycles. The highest BCUT2D eigenvalue weighted by Crippen LogP contribution is 2.30. The molecule has 94 valence electrons. The molecule has 1 aromatic rings. The van der Waals surface area contributed by atoms with Crippen molar-refractivity contribution in [3.63, 3.8) is 0 Å². The Bertz CT molecular complexity index is 392. The molecule has 2 heteroatoms. The molecule has 1 rings (SSSR count). The Morgan fingerprint density at radius 1 is 1.29 bits per heavy atom. The molecule has 0 aliphatic carbocycles. The number of hydrogen-bond donors (Lipinski definition) is 1. The Kier molecular flexibility index (Phi) is 4.33. The monoisotopic (exact) mass is 234 g/mol. The summed E-state index contributed by atoms with van der Waals surface area (Å²) in [5.41, 5.74) is 1.51. The molecule has 2 nitrogen and oxygen atoms in total. The minimum atomic E-state index is -0.832. The molecule has 0 unspecified atom stereocenters. The van der Waals surface area contributed by atoms with E-state index in [1.54, 1.807) is 12.1 Å². The molecule has 0 aromatic heterocycles. The normalized spacial score (nSPS) is 11.8. The van der Waals surface area contributed by atoms with Gasteiger partial charge < -0.3 is 5.11 Å². The van der Waals surface area contributed by atoms with E-state index in [1.165, 1.54) is 0 Å².